The molecule has 0 aliphatic carbocycles. The van der Waals surface area contributed by atoms with Crippen LogP contribution in [0.15, 0.2) is 41.4 Å². The maximum Gasteiger partial charge on any atom is 0.0660 e. The summed E-state index contributed by atoms with van der Waals surface area (Å²) >= 11 is 0. The highest BCUT2D eigenvalue weighted by atomic mass is 14.7. The van der Waals surface area contributed by atoms with Crippen LogP contribution in [0.1, 0.15) is 25.8 Å². The van der Waals surface area contributed by atoms with Gasteiger partial charge in [0, 0.05) is 6.21 Å². The van der Waals surface area contributed by atoms with Gasteiger partial charge in [-0.25, -0.2) is 0 Å². The van der Waals surface area contributed by atoms with Crippen molar-refractivity contribution in [3.8, 4) is 0 Å². The molecule has 1 rings (SSSR count). The Kier molecular flexibility index (Phi) is 4.70. The van der Waals surface area contributed by atoms with Crippen LogP contribution in [0.5, 0.6) is 0 Å². The molecule has 0 amide bonds. The van der Waals surface area contributed by atoms with Crippen LogP contribution >= 0.6 is 0 Å². The highest BCUT2D eigenvalue weighted by Crippen LogP contribution is 2.18. The van der Waals surface area contributed by atoms with Crippen molar-refractivity contribution in [1.82, 2.24) is 0 Å². The Morgan fingerprint density at radius 1 is 1.21 bits per heavy atom. The summed E-state index contributed by atoms with van der Waals surface area (Å²) in [4.78, 5) is 4.33. The second kappa shape index (κ2) is 6.14. The SMILES string of the molecule is C/C=N/c1ccccc1C/C=C/CC. The van der Waals surface area contributed by atoms with E-state index in [-0.39, 0.29) is 0 Å². The summed E-state index contributed by atoms with van der Waals surface area (Å²) < 4.78 is 0. The second-order valence-electron chi connectivity index (χ2n) is 3.10. The summed E-state index contributed by atoms with van der Waals surface area (Å²) in [6, 6.07) is 8.26. The minimum Gasteiger partial charge on any atom is -0.261 e. The van der Waals surface area contributed by atoms with Crippen molar-refractivity contribution in [3.63, 3.8) is 0 Å². The lowest BCUT2D eigenvalue weighted by Gasteiger charge is -2.01. The first-order chi connectivity index (χ1) is 6.88. The Bertz CT molecular complexity index is 324. The number of rotatable bonds is 4. The molecule has 1 aromatic rings. The molecule has 0 aliphatic rings. The molecule has 0 unspecified atom stereocenters. The van der Waals surface area contributed by atoms with E-state index in [0.29, 0.717) is 0 Å². The van der Waals surface area contributed by atoms with E-state index in [2.05, 4.69) is 42.3 Å². The standard InChI is InChI=1S/C13H17N/c1-3-5-6-9-12-10-7-8-11-13(12)14-4-2/h4-8,10-11H,3,9H2,1-2H3/b6-5+,14-4+. The molecule has 0 radical (unpaired) electrons. The zero-order valence-corrected chi connectivity index (χ0v) is 8.90. The Morgan fingerprint density at radius 2 is 2.00 bits per heavy atom. The van der Waals surface area contributed by atoms with Gasteiger partial charge in [0.05, 0.1) is 5.69 Å². The Balaban J connectivity index is 2.79. The van der Waals surface area contributed by atoms with Crippen LogP contribution in [-0.2, 0) is 6.42 Å². The van der Waals surface area contributed by atoms with Crippen molar-refractivity contribution in [2.24, 2.45) is 4.99 Å². The smallest absolute Gasteiger partial charge is 0.0660 e. The van der Waals surface area contributed by atoms with E-state index < -0.39 is 0 Å². The number of para-hydroxylation sites is 1. The van der Waals surface area contributed by atoms with Gasteiger partial charge < -0.3 is 0 Å². The molecule has 0 saturated carbocycles. The van der Waals surface area contributed by atoms with Crippen molar-refractivity contribution in [2.75, 3.05) is 0 Å². The first-order valence-electron chi connectivity index (χ1n) is 5.10. The van der Waals surface area contributed by atoms with Crippen LogP contribution in [0.3, 0.4) is 0 Å². The fraction of sp³-hybridized carbons (Fsp3) is 0.308. The van der Waals surface area contributed by atoms with Crippen LogP contribution in [0, 0.1) is 0 Å². The molecule has 0 aromatic heterocycles. The largest absolute Gasteiger partial charge is 0.261 e. The number of aliphatic imine (C=N–C) groups is 1. The molecule has 14 heavy (non-hydrogen) atoms. The average molecular weight is 187 g/mol. The molecule has 0 bridgehead atoms. The Hall–Kier alpha value is -1.37. The van der Waals surface area contributed by atoms with Crippen LogP contribution in [0.2, 0.25) is 0 Å². The number of hydrogen-bond donors (Lipinski definition) is 0. The molecule has 0 saturated heterocycles. The van der Waals surface area contributed by atoms with Crippen LogP contribution in [-0.4, -0.2) is 6.21 Å². The normalized spacial score (nSPS) is 11.6. The summed E-state index contributed by atoms with van der Waals surface area (Å²) in [6.45, 7) is 4.09. The topological polar surface area (TPSA) is 12.4 Å². The second-order valence-corrected chi connectivity index (χ2v) is 3.10. The van der Waals surface area contributed by atoms with Gasteiger partial charge in [-0.1, -0.05) is 37.3 Å². The predicted molar refractivity (Wildman–Crippen MR) is 63.4 cm³/mol. The van der Waals surface area contributed by atoms with Crippen molar-refractivity contribution in [3.05, 3.63) is 42.0 Å². The molecular formula is C13H17N. The average Bonchev–Trinajstić information content (AvgIpc) is 2.21. The zero-order chi connectivity index (χ0) is 10.2. The minimum atomic E-state index is 0.974. The minimum absolute atomic E-state index is 0.974. The number of nitrogens with zero attached hydrogens (tertiary/aromatic N) is 1. The summed E-state index contributed by atoms with van der Waals surface area (Å²) in [5, 5.41) is 0. The van der Waals surface area contributed by atoms with E-state index in [9.17, 15) is 0 Å². The number of benzene rings is 1. The van der Waals surface area contributed by atoms with Gasteiger partial charge in [-0.3, -0.25) is 4.99 Å². The molecule has 0 heterocycles. The third-order valence-corrected chi connectivity index (χ3v) is 2.00. The van der Waals surface area contributed by atoms with Gasteiger partial charge in [0.2, 0.25) is 0 Å². The van der Waals surface area contributed by atoms with Gasteiger partial charge in [0.15, 0.2) is 0 Å². The van der Waals surface area contributed by atoms with Crippen LogP contribution in [0.4, 0.5) is 5.69 Å². The first kappa shape index (κ1) is 10.7. The fourth-order valence-electron chi connectivity index (χ4n) is 1.33. The Morgan fingerprint density at radius 3 is 2.71 bits per heavy atom. The van der Waals surface area contributed by atoms with E-state index in [4.69, 9.17) is 0 Å². The maximum absolute atomic E-state index is 4.33. The molecule has 1 heteroatoms. The third-order valence-electron chi connectivity index (χ3n) is 2.00. The van der Waals surface area contributed by atoms with Crippen LogP contribution < -0.4 is 0 Å². The summed E-state index contributed by atoms with van der Waals surface area (Å²) in [7, 11) is 0. The molecule has 0 spiro atoms. The van der Waals surface area contributed by atoms with E-state index in [1.165, 1.54) is 5.56 Å². The number of hydrogen-bond acceptors (Lipinski definition) is 1. The van der Waals surface area contributed by atoms with E-state index in [1.54, 1.807) is 0 Å². The van der Waals surface area contributed by atoms with E-state index >= 15 is 0 Å². The Labute approximate surface area is 86.2 Å². The molecular weight excluding hydrogens is 170 g/mol. The lowest BCUT2D eigenvalue weighted by molar-refractivity contribution is 1.17. The maximum atomic E-state index is 4.33. The van der Waals surface area contributed by atoms with Gasteiger partial charge in [-0.15, -0.1) is 0 Å². The monoisotopic (exact) mass is 187 g/mol. The number of allylic oxidation sites excluding steroid dienone is 2. The van der Waals surface area contributed by atoms with Gasteiger partial charge >= 0.3 is 0 Å². The molecule has 1 nitrogen and oxygen atoms in total. The summed E-state index contributed by atoms with van der Waals surface area (Å²) in [5.74, 6) is 0. The lowest BCUT2D eigenvalue weighted by Crippen LogP contribution is -1.81. The molecule has 74 valence electrons. The van der Waals surface area contributed by atoms with Gasteiger partial charge in [-0.2, -0.15) is 0 Å². The molecule has 0 N–H and O–H groups in total. The van der Waals surface area contributed by atoms with Crippen molar-refractivity contribution < 1.29 is 0 Å². The molecule has 0 fully saturated rings. The van der Waals surface area contributed by atoms with Crippen LogP contribution in [0.25, 0.3) is 0 Å². The predicted octanol–water partition coefficient (Wildman–Crippen LogP) is 3.92. The molecule has 1 aromatic carbocycles. The summed E-state index contributed by atoms with van der Waals surface area (Å²) in [6.07, 6.45) is 8.29. The summed E-state index contributed by atoms with van der Waals surface area (Å²) in [5.41, 5.74) is 2.37. The lowest BCUT2D eigenvalue weighted by atomic mass is 10.1. The van der Waals surface area contributed by atoms with Gasteiger partial charge in [0.1, 0.15) is 0 Å². The zero-order valence-electron chi connectivity index (χ0n) is 8.90. The molecule has 0 aliphatic heterocycles. The molecule has 0 atom stereocenters. The van der Waals surface area contributed by atoms with Crippen molar-refractivity contribution in [2.45, 2.75) is 26.7 Å². The van der Waals surface area contributed by atoms with Gasteiger partial charge in [0.25, 0.3) is 0 Å². The third kappa shape index (κ3) is 3.17. The highest BCUT2D eigenvalue weighted by Gasteiger charge is 1.95. The van der Waals surface area contributed by atoms with Crippen molar-refractivity contribution >= 4 is 11.9 Å². The van der Waals surface area contributed by atoms with Crippen molar-refractivity contribution in [1.29, 1.82) is 0 Å². The van der Waals surface area contributed by atoms with Gasteiger partial charge in [-0.05, 0) is 31.4 Å². The fourth-order valence-corrected chi connectivity index (χ4v) is 1.33. The highest BCUT2D eigenvalue weighted by molar-refractivity contribution is 5.62. The first-order valence-corrected chi connectivity index (χ1v) is 5.10. The van der Waals surface area contributed by atoms with E-state index in [0.717, 1.165) is 18.5 Å². The quantitative estimate of drug-likeness (QED) is 0.500. The van der Waals surface area contributed by atoms with E-state index in [1.807, 2.05) is 19.2 Å².